The van der Waals surface area contributed by atoms with E-state index < -0.39 is 5.82 Å². The van der Waals surface area contributed by atoms with Crippen LogP contribution in [0.15, 0.2) is 18.2 Å². The topological polar surface area (TPSA) is 20.3 Å². The van der Waals surface area contributed by atoms with Crippen LogP contribution >= 0.6 is 11.6 Å². The van der Waals surface area contributed by atoms with Crippen molar-refractivity contribution in [3.63, 3.8) is 0 Å². The van der Waals surface area contributed by atoms with Crippen LogP contribution in [-0.4, -0.2) is 30.3 Å². The van der Waals surface area contributed by atoms with Gasteiger partial charge in [-0.05, 0) is 49.5 Å². The number of carbonyl (C=O) groups is 1. The third-order valence-electron chi connectivity index (χ3n) is 4.58. The van der Waals surface area contributed by atoms with Crippen molar-refractivity contribution in [3.05, 3.63) is 34.6 Å². The maximum absolute atomic E-state index is 13.8. The minimum Gasteiger partial charge on any atom is -0.302 e. The molecule has 0 amide bonds. The lowest BCUT2D eigenvalue weighted by Gasteiger charge is -2.33. The van der Waals surface area contributed by atoms with E-state index in [0.717, 1.165) is 37.4 Å². The summed E-state index contributed by atoms with van der Waals surface area (Å²) in [6.45, 7) is 8.77. The summed E-state index contributed by atoms with van der Waals surface area (Å²) in [5.74, 6) is 0.129. The van der Waals surface area contributed by atoms with E-state index in [9.17, 15) is 9.18 Å². The van der Waals surface area contributed by atoms with E-state index in [-0.39, 0.29) is 22.6 Å². The zero-order valence-corrected chi connectivity index (χ0v) is 14.4. The SMILES string of the molecule is CC1CCN(C[C@H](C(=O)C(C)C)c2ccc(Cl)c(F)c2)CC1. The van der Waals surface area contributed by atoms with Crippen molar-refractivity contribution in [1.29, 1.82) is 0 Å². The van der Waals surface area contributed by atoms with Crippen molar-refractivity contribution >= 4 is 17.4 Å². The third-order valence-corrected chi connectivity index (χ3v) is 4.88. The van der Waals surface area contributed by atoms with Gasteiger partial charge >= 0.3 is 0 Å². The van der Waals surface area contributed by atoms with E-state index >= 15 is 0 Å². The molecule has 4 heteroatoms. The summed E-state index contributed by atoms with van der Waals surface area (Å²) in [7, 11) is 0. The predicted octanol–water partition coefficient (Wildman–Crippen LogP) is 4.52. The smallest absolute Gasteiger partial charge is 0.144 e. The number of rotatable bonds is 5. The molecule has 1 aromatic rings. The molecule has 122 valence electrons. The summed E-state index contributed by atoms with van der Waals surface area (Å²) in [4.78, 5) is 14.9. The number of nitrogens with zero attached hydrogens (tertiary/aromatic N) is 1. The van der Waals surface area contributed by atoms with Gasteiger partial charge in [-0.1, -0.05) is 38.4 Å². The first-order chi connectivity index (χ1) is 10.4. The van der Waals surface area contributed by atoms with Gasteiger partial charge in [0.1, 0.15) is 11.6 Å². The first kappa shape index (κ1) is 17.4. The average Bonchev–Trinajstić information content (AvgIpc) is 2.49. The number of benzene rings is 1. The molecule has 22 heavy (non-hydrogen) atoms. The lowest BCUT2D eigenvalue weighted by molar-refractivity contribution is -0.123. The van der Waals surface area contributed by atoms with Gasteiger partial charge in [0.25, 0.3) is 0 Å². The second-order valence-corrected chi connectivity index (χ2v) is 7.17. The fraction of sp³-hybridized carbons (Fsp3) is 0.611. The van der Waals surface area contributed by atoms with Crippen molar-refractivity contribution in [1.82, 2.24) is 4.90 Å². The second-order valence-electron chi connectivity index (χ2n) is 6.77. The summed E-state index contributed by atoms with van der Waals surface area (Å²) in [5.41, 5.74) is 0.735. The fourth-order valence-electron chi connectivity index (χ4n) is 2.99. The third kappa shape index (κ3) is 4.30. The van der Waals surface area contributed by atoms with Crippen molar-refractivity contribution < 1.29 is 9.18 Å². The lowest BCUT2D eigenvalue weighted by Crippen LogP contribution is -2.38. The number of hydrogen-bond acceptors (Lipinski definition) is 2. The molecule has 1 aromatic carbocycles. The Bertz CT molecular complexity index is 524. The molecule has 0 bridgehead atoms. The molecule has 0 unspecified atom stereocenters. The second kappa shape index (κ2) is 7.56. The summed E-state index contributed by atoms with van der Waals surface area (Å²) in [5, 5.41) is 0.103. The van der Waals surface area contributed by atoms with Gasteiger partial charge in [-0.3, -0.25) is 4.79 Å². The molecule has 1 fully saturated rings. The number of piperidine rings is 1. The summed E-state index contributed by atoms with van der Waals surface area (Å²) >= 11 is 5.77. The zero-order chi connectivity index (χ0) is 16.3. The van der Waals surface area contributed by atoms with Crippen molar-refractivity contribution in [2.24, 2.45) is 11.8 Å². The number of ketones is 1. The molecule has 2 rings (SSSR count). The number of halogens is 2. The maximum atomic E-state index is 13.8. The number of carbonyl (C=O) groups excluding carboxylic acids is 1. The molecule has 0 aliphatic carbocycles. The van der Waals surface area contributed by atoms with E-state index in [1.165, 1.54) is 6.07 Å². The largest absolute Gasteiger partial charge is 0.302 e. The molecule has 2 nitrogen and oxygen atoms in total. The van der Waals surface area contributed by atoms with Gasteiger partial charge in [-0.25, -0.2) is 4.39 Å². The minimum absolute atomic E-state index is 0.0625. The highest BCUT2D eigenvalue weighted by molar-refractivity contribution is 6.30. The first-order valence-electron chi connectivity index (χ1n) is 8.09. The molecule has 1 heterocycles. The first-order valence-corrected chi connectivity index (χ1v) is 8.47. The van der Waals surface area contributed by atoms with Crippen LogP contribution in [0.25, 0.3) is 0 Å². The zero-order valence-electron chi connectivity index (χ0n) is 13.6. The summed E-state index contributed by atoms with van der Waals surface area (Å²) in [6, 6.07) is 4.74. The standard InChI is InChI=1S/C18H25ClFNO/c1-12(2)18(22)15(11-21-8-6-13(3)7-9-21)14-4-5-16(19)17(20)10-14/h4-5,10,12-13,15H,6-9,11H2,1-3H3/t15-/m0/s1. The Morgan fingerprint density at radius 2 is 2.00 bits per heavy atom. The van der Waals surface area contributed by atoms with Gasteiger partial charge in [0.15, 0.2) is 0 Å². The Morgan fingerprint density at radius 3 is 2.55 bits per heavy atom. The highest BCUT2D eigenvalue weighted by Gasteiger charge is 2.27. The molecule has 1 saturated heterocycles. The van der Waals surface area contributed by atoms with E-state index in [1.54, 1.807) is 12.1 Å². The van der Waals surface area contributed by atoms with Crippen LogP contribution in [0.4, 0.5) is 4.39 Å². The van der Waals surface area contributed by atoms with Crippen LogP contribution in [0.2, 0.25) is 5.02 Å². The maximum Gasteiger partial charge on any atom is 0.144 e. The Balaban J connectivity index is 2.19. The van der Waals surface area contributed by atoms with E-state index in [4.69, 9.17) is 11.6 Å². The number of likely N-dealkylation sites (tertiary alicyclic amines) is 1. The predicted molar refractivity (Wildman–Crippen MR) is 88.8 cm³/mol. The van der Waals surface area contributed by atoms with Gasteiger partial charge in [0.2, 0.25) is 0 Å². The van der Waals surface area contributed by atoms with E-state index in [1.807, 2.05) is 13.8 Å². The minimum atomic E-state index is -0.451. The van der Waals surface area contributed by atoms with Gasteiger partial charge in [0, 0.05) is 12.5 Å². The molecule has 1 aliphatic rings. The van der Waals surface area contributed by atoms with Crippen molar-refractivity contribution in [3.8, 4) is 0 Å². The molecule has 0 aromatic heterocycles. The lowest BCUT2D eigenvalue weighted by atomic mass is 9.87. The molecule has 0 saturated carbocycles. The summed E-state index contributed by atoms with van der Waals surface area (Å²) < 4.78 is 13.8. The van der Waals surface area contributed by atoms with E-state index in [0.29, 0.717) is 6.54 Å². The monoisotopic (exact) mass is 325 g/mol. The molecular formula is C18H25ClFNO. The number of Topliss-reactive ketones (excluding diaryl/α,β-unsaturated/α-hetero) is 1. The van der Waals surface area contributed by atoms with Crippen LogP contribution < -0.4 is 0 Å². The van der Waals surface area contributed by atoms with Gasteiger partial charge in [-0.2, -0.15) is 0 Å². The fourth-order valence-corrected chi connectivity index (χ4v) is 3.11. The normalized spacial score (nSPS) is 18.6. The quantitative estimate of drug-likeness (QED) is 0.793. The van der Waals surface area contributed by atoms with Crippen LogP contribution in [0.5, 0.6) is 0 Å². The van der Waals surface area contributed by atoms with Crippen LogP contribution in [0.3, 0.4) is 0 Å². The molecule has 1 aliphatic heterocycles. The van der Waals surface area contributed by atoms with Gasteiger partial charge in [0.05, 0.1) is 10.9 Å². The summed E-state index contributed by atoms with van der Waals surface area (Å²) in [6.07, 6.45) is 2.33. The highest BCUT2D eigenvalue weighted by atomic mass is 35.5. The molecular weight excluding hydrogens is 301 g/mol. The van der Waals surface area contributed by atoms with Gasteiger partial charge < -0.3 is 4.90 Å². The van der Waals surface area contributed by atoms with Gasteiger partial charge in [-0.15, -0.1) is 0 Å². The Kier molecular flexibility index (Phi) is 5.99. The average molecular weight is 326 g/mol. The Morgan fingerprint density at radius 1 is 1.36 bits per heavy atom. The van der Waals surface area contributed by atoms with Crippen molar-refractivity contribution in [2.45, 2.75) is 39.5 Å². The van der Waals surface area contributed by atoms with Crippen LogP contribution in [0.1, 0.15) is 45.1 Å². The van der Waals surface area contributed by atoms with Crippen LogP contribution in [-0.2, 0) is 4.79 Å². The van der Waals surface area contributed by atoms with Crippen LogP contribution in [0, 0.1) is 17.7 Å². The Hall–Kier alpha value is -0.930. The van der Waals surface area contributed by atoms with E-state index in [2.05, 4.69) is 11.8 Å². The molecule has 1 atom stereocenters. The Labute approximate surface area is 137 Å². The molecule has 0 spiro atoms. The van der Waals surface area contributed by atoms with Crippen molar-refractivity contribution in [2.75, 3.05) is 19.6 Å². The highest BCUT2D eigenvalue weighted by Crippen LogP contribution is 2.27. The molecule has 0 radical (unpaired) electrons. The number of hydrogen-bond donors (Lipinski definition) is 0. The molecule has 0 N–H and O–H groups in total.